The molecule has 0 spiro atoms. The first-order valence-electron chi connectivity index (χ1n) is 6.53. The molecule has 1 heteroatoms. The van der Waals surface area contributed by atoms with Gasteiger partial charge in [0.05, 0.1) is 5.60 Å². The highest BCUT2D eigenvalue weighted by molar-refractivity contribution is 5.15. The average molecular weight is 206 g/mol. The Kier molecular flexibility index (Phi) is 2.04. The van der Waals surface area contributed by atoms with Crippen molar-refractivity contribution >= 4 is 0 Å². The third-order valence-electron chi connectivity index (χ3n) is 4.78. The number of hydrogen-bond acceptors (Lipinski definition) is 1. The largest absolute Gasteiger partial charge is 0.390 e. The highest BCUT2D eigenvalue weighted by Gasteiger charge is 2.55. The Labute approximate surface area is 92.6 Å². The quantitative estimate of drug-likeness (QED) is 0.687. The fraction of sp³-hybridized carbons (Fsp3) is 0.857. The monoisotopic (exact) mass is 206 g/mol. The lowest BCUT2D eigenvalue weighted by atomic mass is 9.48. The van der Waals surface area contributed by atoms with Gasteiger partial charge in [0.1, 0.15) is 0 Å². The second-order valence-electron chi connectivity index (χ2n) is 6.36. The van der Waals surface area contributed by atoms with Gasteiger partial charge in [-0.3, -0.25) is 0 Å². The summed E-state index contributed by atoms with van der Waals surface area (Å²) in [5, 5.41) is 10.5. The van der Waals surface area contributed by atoms with Crippen molar-refractivity contribution in [1.82, 2.24) is 0 Å². The van der Waals surface area contributed by atoms with E-state index in [9.17, 15) is 5.11 Å². The summed E-state index contributed by atoms with van der Waals surface area (Å²) in [5.74, 6) is 1.63. The van der Waals surface area contributed by atoms with Crippen LogP contribution in [-0.2, 0) is 0 Å². The highest BCUT2D eigenvalue weighted by Crippen LogP contribution is 2.62. The zero-order valence-electron chi connectivity index (χ0n) is 9.71. The van der Waals surface area contributed by atoms with Gasteiger partial charge in [-0.2, -0.15) is 0 Å². The van der Waals surface area contributed by atoms with Crippen LogP contribution in [0.3, 0.4) is 0 Å². The first-order chi connectivity index (χ1) is 7.13. The molecule has 4 rings (SSSR count). The molecule has 1 nitrogen and oxygen atoms in total. The first kappa shape index (κ1) is 9.89. The molecule has 0 aromatic rings. The molecule has 1 N–H and O–H groups in total. The van der Waals surface area contributed by atoms with Crippen LogP contribution in [0.5, 0.6) is 0 Å². The maximum absolute atomic E-state index is 10.5. The van der Waals surface area contributed by atoms with Crippen molar-refractivity contribution in [2.24, 2.45) is 17.3 Å². The van der Waals surface area contributed by atoms with Gasteiger partial charge < -0.3 is 5.11 Å². The summed E-state index contributed by atoms with van der Waals surface area (Å²) in [4.78, 5) is 0. The summed E-state index contributed by atoms with van der Waals surface area (Å²) >= 11 is 0. The second-order valence-corrected chi connectivity index (χ2v) is 6.36. The lowest BCUT2D eigenvalue weighted by molar-refractivity contribution is -0.147. The van der Waals surface area contributed by atoms with Crippen LogP contribution in [0.4, 0.5) is 0 Å². The first-order valence-corrected chi connectivity index (χ1v) is 6.53. The van der Waals surface area contributed by atoms with Crippen molar-refractivity contribution in [3.63, 3.8) is 0 Å². The van der Waals surface area contributed by atoms with Crippen molar-refractivity contribution < 1.29 is 5.11 Å². The third kappa shape index (κ3) is 1.56. The smallest absolute Gasteiger partial charge is 0.0661 e. The van der Waals surface area contributed by atoms with Gasteiger partial charge in [-0.1, -0.05) is 19.1 Å². The summed E-state index contributed by atoms with van der Waals surface area (Å²) in [6, 6.07) is 0. The summed E-state index contributed by atoms with van der Waals surface area (Å²) in [7, 11) is 0. The summed E-state index contributed by atoms with van der Waals surface area (Å²) in [6.07, 6.45) is 13.2. The Bertz CT molecular complexity index is 278. The van der Waals surface area contributed by atoms with Crippen molar-refractivity contribution in [1.29, 1.82) is 0 Å². The number of rotatable bonds is 2. The molecule has 15 heavy (non-hydrogen) atoms. The van der Waals surface area contributed by atoms with Gasteiger partial charge in [0.15, 0.2) is 0 Å². The van der Waals surface area contributed by atoms with E-state index in [2.05, 4.69) is 19.1 Å². The predicted molar refractivity (Wildman–Crippen MR) is 61.5 cm³/mol. The van der Waals surface area contributed by atoms with Crippen molar-refractivity contribution in [2.45, 2.75) is 57.5 Å². The maximum atomic E-state index is 10.5. The summed E-state index contributed by atoms with van der Waals surface area (Å²) in [5.41, 5.74) is 0.0943. The standard InChI is InChI=1S/C14H22O/c1-2-3-4-13-6-11-5-12(7-13)9-14(15,8-11)10-13/h3-4,11-12,15H,2,5-10H2,1H3. The van der Waals surface area contributed by atoms with Crippen molar-refractivity contribution in [2.75, 3.05) is 0 Å². The highest BCUT2D eigenvalue weighted by atomic mass is 16.3. The van der Waals surface area contributed by atoms with Crippen LogP contribution in [0.1, 0.15) is 51.9 Å². The molecule has 2 atom stereocenters. The molecule has 4 saturated carbocycles. The molecule has 0 radical (unpaired) electrons. The van der Waals surface area contributed by atoms with Crippen LogP contribution in [-0.4, -0.2) is 10.7 Å². The van der Waals surface area contributed by atoms with Crippen LogP contribution >= 0.6 is 0 Å². The molecular weight excluding hydrogens is 184 g/mol. The Hall–Kier alpha value is -0.300. The molecule has 0 aliphatic heterocycles. The minimum Gasteiger partial charge on any atom is -0.390 e. The lowest BCUT2D eigenvalue weighted by Gasteiger charge is -2.59. The van der Waals surface area contributed by atoms with E-state index in [1.807, 2.05) is 0 Å². The molecule has 0 amide bonds. The molecule has 0 saturated heterocycles. The van der Waals surface area contributed by atoms with Gasteiger partial charge in [0, 0.05) is 0 Å². The van der Waals surface area contributed by atoms with Gasteiger partial charge >= 0.3 is 0 Å². The van der Waals surface area contributed by atoms with Gasteiger partial charge in [0.25, 0.3) is 0 Å². The van der Waals surface area contributed by atoms with E-state index in [1.54, 1.807) is 0 Å². The fourth-order valence-electron chi connectivity index (χ4n) is 4.85. The zero-order chi connectivity index (χ0) is 10.5. The summed E-state index contributed by atoms with van der Waals surface area (Å²) < 4.78 is 0. The molecule has 0 aromatic carbocycles. The summed E-state index contributed by atoms with van der Waals surface area (Å²) in [6.45, 7) is 2.20. The van der Waals surface area contributed by atoms with E-state index >= 15 is 0 Å². The van der Waals surface area contributed by atoms with Crippen LogP contribution in [0.2, 0.25) is 0 Å². The molecule has 0 aromatic heterocycles. The molecule has 4 bridgehead atoms. The SMILES string of the molecule is CCC=CC12CC3CC(CC(O)(C3)C1)C2. The van der Waals surface area contributed by atoms with E-state index in [1.165, 1.54) is 19.3 Å². The predicted octanol–water partition coefficient (Wildman–Crippen LogP) is 3.28. The second kappa shape index (κ2) is 3.10. The lowest BCUT2D eigenvalue weighted by Crippen LogP contribution is -2.54. The van der Waals surface area contributed by atoms with E-state index in [4.69, 9.17) is 0 Å². The van der Waals surface area contributed by atoms with E-state index < -0.39 is 0 Å². The molecule has 84 valence electrons. The minimum atomic E-state index is -0.290. The van der Waals surface area contributed by atoms with Crippen molar-refractivity contribution in [3.8, 4) is 0 Å². The van der Waals surface area contributed by atoms with Gasteiger partial charge in [-0.15, -0.1) is 0 Å². The number of hydrogen-bond donors (Lipinski definition) is 1. The number of allylic oxidation sites excluding steroid dienone is 2. The van der Waals surface area contributed by atoms with Crippen LogP contribution < -0.4 is 0 Å². The fourth-order valence-corrected chi connectivity index (χ4v) is 4.85. The van der Waals surface area contributed by atoms with Crippen LogP contribution in [0, 0.1) is 17.3 Å². The Morgan fingerprint density at radius 3 is 2.40 bits per heavy atom. The number of aliphatic hydroxyl groups is 1. The minimum absolute atomic E-state index is 0.290. The maximum Gasteiger partial charge on any atom is 0.0661 e. The normalized spacial score (nSPS) is 52.9. The van der Waals surface area contributed by atoms with Crippen LogP contribution in [0.25, 0.3) is 0 Å². The zero-order valence-corrected chi connectivity index (χ0v) is 9.71. The molecule has 0 heterocycles. The van der Waals surface area contributed by atoms with Crippen LogP contribution in [0.15, 0.2) is 12.2 Å². The average Bonchev–Trinajstić information content (AvgIpc) is 2.10. The molecule has 2 unspecified atom stereocenters. The molecule has 4 aliphatic rings. The van der Waals surface area contributed by atoms with E-state index in [0.717, 1.165) is 37.5 Å². The Balaban J connectivity index is 1.89. The van der Waals surface area contributed by atoms with Gasteiger partial charge in [-0.25, -0.2) is 0 Å². The Morgan fingerprint density at radius 2 is 1.87 bits per heavy atom. The molecular formula is C14H22O. The van der Waals surface area contributed by atoms with Gasteiger partial charge in [-0.05, 0) is 62.2 Å². The third-order valence-corrected chi connectivity index (χ3v) is 4.78. The topological polar surface area (TPSA) is 20.2 Å². The van der Waals surface area contributed by atoms with E-state index in [0.29, 0.717) is 5.41 Å². The van der Waals surface area contributed by atoms with Crippen molar-refractivity contribution in [3.05, 3.63) is 12.2 Å². The van der Waals surface area contributed by atoms with E-state index in [-0.39, 0.29) is 5.60 Å². The van der Waals surface area contributed by atoms with Gasteiger partial charge in [0.2, 0.25) is 0 Å². The molecule has 4 aliphatic carbocycles. The Morgan fingerprint density at radius 1 is 1.20 bits per heavy atom. The molecule has 4 fully saturated rings.